The topological polar surface area (TPSA) is 40.5 Å². The lowest BCUT2D eigenvalue weighted by atomic mass is 9.70. The lowest BCUT2D eigenvalue weighted by molar-refractivity contribution is 0.164. The minimum atomic E-state index is -0.155. The molecule has 2 aliphatic rings. The van der Waals surface area contributed by atoms with Crippen LogP contribution in [-0.4, -0.2) is 16.3 Å². The summed E-state index contributed by atoms with van der Waals surface area (Å²) in [5, 5.41) is 19.2. The van der Waals surface area contributed by atoms with Crippen LogP contribution in [-0.2, 0) is 0 Å². The summed E-state index contributed by atoms with van der Waals surface area (Å²) in [6, 6.07) is 7.43. The normalized spacial score (nSPS) is 38.6. The number of allylic oxidation sites excluding steroid dienone is 2. The quantitative estimate of drug-likeness (QED) is 0.795. The van der Waals surface area contributed by atoms with Crippen LogP contribution in [0.25, 0.3) is 5.57 Å². The highest BCUT2D eigenvalue weighted by atomic mass is 16.3. The Morgan fingerprint density at radius 1 is 1.11 bits per heavy atom. The van der Waals surface area contributed by atoms with Crippen molar-refractivity contribution in [2.24, 2.45) is 10.8 Å². The third kappa shape index (κ3) is 1.59. The minimum Gasteiger partial charge on any atom is -0.508 e. The maximum absolute atomic E-state index is 9.90. The molecule has 96 valence electrons. The molecule has 2 aliphatic carbocycles. The number of aliphatic hydroxyl groups excluding tert-OH is 1. The number of hydrogen-bond acceptors (Lipinski definition) is 2. The Hall–Kier alpha value is -1.28. The predicted octanol–water partition coefficient (Wildman–Crippen LogP) is 3.35. The van der Waals surface area contributed by atoms with Crippen LogP contribution in [0.15, 0.2) is 30.3 Å². The van der Waals surface area contributed by atoms with Crippen molar-refractivity contribution >= 4 is 5.57 Å². The van der Waals surface area contributed by atoms with Gasteiger partial charge in [-0.1, -0.05) is 32.1 Å². The molecule has 1 fully saturated rings. The van der Waals surface area contributed by atoms with Crippen LogP contribution in [0.5, 0.6) is 5.75 Å². The first kappa shape index (κ1) is 11.8. The van der Waals surface area contributed by atoms with Gasteiger partial charge in [-0.25, -0.2) is 0 Å². The maximum atomic E-state index is 9.90. The average Bonchev–Trinajstić information content (AvgIpc) is 2.62. The first-order valence-electron chi connectivity index (χ1n) is 6.61. The van der Waals surface area contributed by atoms with Gasteiger partial charge in [0.2, 0.25) is 0 Å². The molecular weight excluding hydrogens is 224 g/mol. The first-order chi connectivity index (χ1) is 8.42. The van der Waals surface area contributed by atoms with Gasteiger partial charge in [0.25, 0.3) is 0 Å². The van der Waals surface area contributed by atoms with E-state index >= 15 is 0 Å². The van der Waals surface area contributed by atoms with Gasteiger partial charge in [-0.15, -0.1) is 0 Å². The summed E-state index contributed by atoms with van der Waals surface area (Å²) >= 11 is 0. The highest BCUT2D eigenvalue weighted by Gasteiger charge is 2.54. The van der Waals surface area contributed by atoms with Gasteiger partial charge in [0.15, 0.2) is 0 Å². The van der Waals surface area contributed by atoms with Crippen LogP contribution in [0.1, 0.15) is 38.7 Å². The molecule has 2 N–H and O–H groups in total. The van der Waals surface area contributed by atoms with Gasteiger partial charge in [0.1, 0.15) is 5.75 Å². The smallest absolute Gasteiger partial charge is 0.115 e. The molecule has 1 saturated carbocycles. The molecule has 1 unspecified atom stereocenters. The summed E-state index contributed by atoms with van der Waals surface area (Å²) in [7, 11) is 0. The summed E-state index contributed by atoms with van der Waals surface area (Å²) in [5.74, 6) is 0.311. The molecule has 0 heterocycles. The number of benzene rings is 1. The van der Waals surface area contributed by atoms with Crippen molar-refractivity contribution in [1.82, 2.24) is 0 Å². The minimum absolute atomic E-state index is 0.111. The lowest BCUT2D eigenvalue weighted by Crippen LogP contribution is -2.25. The Bertz CT molecular complexity index is 502. The SMILES string of the molecule is C[C@]12CC(c3ccc(O)cc3)=C[C@@]1(C)CC(O)C2. The molecule has 1 aromatic carbocycles. The number of hydrogen-bond donors (Lipinski definition) is 2. The van der Waals surface area contributed by atoms with Gasteiger partial charge in [0, 0.05) is 0 Å². The fourth-order valence-electron chi connectivity index (χ4n) is 3.79. The number of aliphatic hydroxyl groups is 1. The molecule has 0 radical (unpaired) electrons. The molecule has 0 spiro atoms. The van der Waals surface area contributed by atoms with E-state index in [9.17, 15) is 10.2 Å². The summed E-state index contributed by atoms with van der Waals surface area (Å²) in [4.78, 5) is 0. The second kappa shape index (κ2) is 3.61. The predicted molar refractivity (Wildman–Crippen MR) is 72.2 cm³/mol. The van der Waals surface area contributed by atoms with Gasteiger partial charge < -0.3 is 10.2 Å². The largest absolute Gasteiger partial charge is 0.508 e. The maximum Gasteiger partial charge on any atom is 0.115 e. The standard InChI is InChI=1S/C16H20O2/c1-15-7-12(11-3-5-13(17)6-4-11)8-16(15,2)10-14(18)9-15/h3-7,14,17-18H,8-10H2,1-2H3/t14?,15-,16+/m0/s1. The van der Waals surface area contributed by atoms with Crippen LogP contribution < -0.4 is 0 Å². The summed E-state index contributed by atoms with van der Waals surface area (Å²) in [6.45, 7) is 4.55. The van der Waals surface area contributed by atoms with Crippen molar-refractivity contribution in [2.75, 3.05) is 0 Å². The number of rotatable bonds is 1. The number of phenolic OH excluding ortho intramolecular Hbond substituents is 1. The van der Waals surface area contributed by atoms with Crippen LogP contribution in [0.3, 0.4) is 0 Å². The fraction of sp³-hybridized carbons (Fsp3) is 0.500. The molecule has 1 aromatic rings. The zero-order valence-electron chi connectivity index (χ0n) is 11.0. The first-order valence-corrected chi connectivity index (χ1v) is 6.61. The molecule has 0 aliphatic heterocycles. The summed E-state index contributed by atoms with van der Waals surface area (Å²) in [6.07, 6.45) is 4.96. The highest BCUT2D eigenvalue weighted by Crippen LogP contribution is 2.62. The van der Waals surface area contributed by atoms with Gasteiger partial charge in [0.05, 0.1) is 6.10 Å². The Kier molecular flexibility index (Phi) is 2.36. The van der Waals surface area contributed by atoms with Crippen molar-refractivity contribution in [3.63, 3.8) is 0 Å². The van der Waals surface area contributed by atoms with Crippen molar-refractivity contribution < 1.29 is 10.2 Å². The zero-order valence-corrected chi connectivity index (χ0v) is 11.0. The van der Waals surface area contributed by atoms with Crippen LogP contribution >= 0.6 is 0 Å². The molecule has 0 aromatic heterocycles. The van der Waals surface area contributed by atoms with E-state index in [-0.39, 0.29) is 16.9 Å². The van der Waals surface area contributed by atoms with E-state index in [0.29, 0.717) is 5.75 Å². The molecular formula is C16H20O2. The van der Waals surface area contributed by atoms with Crippen LogP contribution in [0.4, 0.5) is 0 Å². The second-order valence-corrected chi connectivity index (χ2v) is 6.43. The van der Waals surface area contributed by atoms with Gasteiger partial charge in [-0.3, -0.25) is 0 Å². The molecule has 2 heteroatoms. The van der Waals surface area contributed by atoms with E-state index in [1.165, 1.54) is 11.1 Å². The van der Waals surface area contributed by atoms with E-state index in [1.807, 2.05) is 12.1 Å². The third-order valence-corrected chi connectivity index (χ3v) is 5.04. The van der Waals surface area contributed by atoms with Crippen molar-refractivity contribution in [1.29, 1.82) is 0 Å². The van der Waals surface area contributed by atoms with Crippen molar-refractivity contribution in [2.45, 2.75) is 39.2 Å². The number of phenols is 1. The van der Waals surface area contributed by atoms with Gasteiger partial charge in [-0.2, -0.15) is 0 Å². The van der Waals surface area contributed by atoms with Crippen molar-refractivity contribution in [3.8, 4) is 5.75 Å². The monoisotopic (exact) mass is 244 g/mol. The summed E-state index contributed by atoms with van der Waals surface area (Å²) < 4.78 is 0. The Morgan fingerprint density at radius 2 is 1.78 bits per heavy atom. The van der Waals surface area contributed by atoms with E-state index in [2.05, 4.69) is 19.9 Å². The van der Waals surface area contributed by atoms with E-state index in [4.69, 9.17) is 0 Å². The zero-order chi connectivity index (χ0) is 13.0. The molecule has 0 saturated heterocycles. The van der Waals surface area contributed by atoms with Crippen molar-refractivity contribution in [3.05, 3.63) is 35.9 Å². The number of fused-ring (bicyclic) bond motifs is 1. The Balaban J connectivity index is 1.96. The molecule has 3 rings (SSSR count). The molecule has 0 bridgehead atoms. The van der Waals surface area contributed by atoms with Crippen LogP contribution in [0, 0.1) is 10.8 Å². The average molecular weight is 244 g/mol. The Morgan fingerprint density at radius 3 is 2.39 bits per heavy atom. The van der Waals surface area contributed by atoms with Gasteiger partial charge >= 0.3 is 0 Å². The van der Waals surface area contributed by atoms with E-state index < -0.39 is 0 Å². The fourth-order valence-corrected chi connectivity index (χ4v) is 3.79. The summed E-state index contributed by atoms with van der Waals surface area (Å²) in [5.41, 5.74) is 2.84. The van der Waals surface area contributed by atoms with Gasteiger partial charge in [-0.05, 0) is 53.4 Å². The molecule has 3 atom stereocenters. The molecule has 18 heavy (non-hydrogen) atoms. The molecule has 0 amide bonds. The lowest BCUT2D eigenvalue weighted by Gasteiger charge is -2.33. The Labute approximate surface area is 108 Å². The highest BCUT2D eigenvalue weighted by molar-refractivity contribution is 5.70. The van der Waals surface area contributed by atoms with E-state index in [0.717, 1.165) is 19.3 Å². The van der Waals surface area contributed by atoms with Crippen LogP contribution in [0.2, 0.25) is 0 Å². The number of aromatic hydroxyl groups is 1. The third-order valence-electron chi connectivity index (χ3n) is 5.04. The second-order valence-electron chi connectivity index (χ2n) is 6.43. The molecule has 2 nitrogen and oxygen atoms in total. The van der Waals surface area contributed by atoms with E-state index in [1.54, 1.807) is 12.1 Å².